The van der Waals surface area contributed by atoms with Crippen LogP contribution in [0.4, 0.5) is 0 Å². The van der Waals surface area contributed by atoms with Crippen molar-refractivity contribution in [2.75, 3.05) is 13.2 Å². The Balaban J connectivity index is 1.59. The molecule has 2 heterocycles. The van der Waals surface area contributed by atoms with Crippen LogP contribution in [0.5, 0.6) is 5.75 Å². The summed E-state index contributed by atoms with van der Waals surface area (Å²) in [5.74, 6) is 1.56. The van der Waals surface area contributed by atoms with Gasteiger partial charge in [0, 0.05) is 12.1 Å². The lowest BCUT2D eigenvalue weighted by Crippen LogP contribution is -2.31. The standard InChI is InChI=1S/C22H23N3O3/c1-3-27-19-9-5-4-7-17(19)22(26)25-14-6-8-18(25)21-23-20(24-28-21)16-12-10-15(2)11-13-16/h4-5,7,9-13,18H,3,6,8,14H2,1-2H3. The number of likely N-dealkylation sites (tertiary alicyclic amines) is 1. The zero-order valence-electron chi connectivity index (χ0n) is 16.1. The van der Waals surface area contributed by atoms with Crippen LogP contribution in [-0.4, -0.2) is 34.1 Å². The summed E-state index contributed by atoms with van der Waals surface area (Å²) >= 11 is 0. The maximum atomic E-state index is 13.2. The number of para-hydroxylation sites is 1. The molecule has 2 aromatic carbocycles. The van der Waals surface area contributed by atoms with Crippen molar-refractivity contribution in [2.45, 2.75) is 32.7 Å². The number of hydrogen-bond acceptors (Lipinski definition) is 5. The molecule has 0 N–H and O–H groups in total. The van der Waals surface area contributed by atoms with Gasteiger partial charge in [0.15, 0.2) is 0 Å². The minimum Gasteiger partial charge on any atom is -0.493 e. The van der Waals surface area contributed by atoms with Crippen molar-refractivity contribution < 1.29 is 14.1 Å². The minimum atomic E-state index is -0.214. The normalized spacial score (nSPS) is 16.4. The Bertz CT molecular complexity index is 965. The average Bonchev–Trinajstić information content (AvgIpc) is 3.38. The van der Waals surface area contributed by atoms with Crippen molar-refractivity contribution in [1.82, 2.24) is 15.0 Å². The van der Waals surface area contributed by atoms with Gasteiger partial charge in [-0.15, -0.1) is 0 Å². The molecule has 1 unspecified atom stereocenters. The van der Waals surface area contributed by atoms with Crippen LogP contribution in [0.3, 0.4) is 0 Å². The monoisotopic (exact) mass is 377 g/mol. The molecule has 1 atom stereocenters. The first kappa shape index (κ1) is 18.2. The van der Waals surface area contributed by atoms with Gasteiger partial charge in [0.25, 0.3) is 5.91 Å². The maximum Gasteiger partial charge on any atom is 0.258 e. The first-order chi connectivity index (χ1) is 13.7. The number of hydrogen-bond donors (Lipinski definition) is 0. The van der Waals surface area contributed by atoms with Gasteiger partial charge in [-0.3, -0.25) is 4.79 Å². The van der Waals surface area contributed by atoms with Gasteiger partial charge in [-0.2, -0.15) is 4.98 Å². The molecule has 0 aliphatic carbocycles. The van der Waals surface area contributed by atoms with Crippen molar-refractivity contribution in [3.8, 4) is 17.1 Å². The van der Waals surface area contributed by atoms with Crippen LogP contribution in [0.15, 0.2) is 53.1 Å². The third kappa shape index (κ3) is 3.50. The van der Waals surface area contributed by atoms with Gasteiger partial charge in [-0.1, -0.05) is 47.1 Å². The third-order valence-electron chi connectivity index (χ3n) is 4.97. The molecule has 144 valence electrons. The molecule has 28 heavy (non-hydrogen) atoms. The lowest BCUT2D eigenvalue weighted by molar-refractivity contribution is 0.0706. The Morgan fingerprint density at radius 2 is 2.00 bits per heavy atom. The highest BCUT2D eigenvalue weighted by atomic mass is 16.5. The number of carbonyl (C=O) groups is 1. The predicted octanol–water partition coefficient (Wildman–Crippen LogP) is 4.42. The van der Waals surface area contributed by atoms with Crippen LogP contribution >= 0.6 is 0 Å². The molecule has 1 fully saturated rings. The molecule has 6 nitrogen and oxygen atoms in total. The molecular formula is C22H23N3O3. The van der Waals surface area contributed by atoms with Crippen LogP contribution < -0.4 is 4.74 Å². The summed E-state index contributed by atoms with van der Waals surface area (Å²) in [5, 5.41) is 4.13. The number of amides is 1. The molecular weight excluding hydrogens is 354 g/mol. The Morgan fingerprint density at radius 1 is 1.21 bits per heavy atom. The summed E-state index contributed by atoms with van der Waals surface area (Å²) in [6, 6.07) is 15.1. The lowest BCUT2D eigenvalue weighted by atomic mass is 10.1. The average molecular weight is 377 g/mol. The van der Waals surface area contributed by atoms with E-state index in [1.54, 1.807) is 6.07 Å². The second kappa shape index (κ2) is 7.84. The van der Waals surface area contributed by atoms with E-state index in [0.717, 1.165) is 18.4 Å². The van der Waals surface area contributed by atoms with E-state index in [4.69, 9.17) is 9.26 Å². The second-order valence-electron chi connectivity index (χ2n) is 6.91. The molecule has 1 aromatic heterocycles. The van der Waals surface area contributed by atoms with Gasteiger partial charge in [-0.05, 0) is 38.8 Å². The summed E-state index contributed by atoms with van der Waals surface area (Å²) in [7, 11) is 0. The topological polar surface area (TPSA) is 68.5 Å². The van der Waals surface area contributed by atoms with Gasteiger partial charge in [0.05, 0.1) is 12.2 Å². The number of ether oxygens (including phenoxy) is 1. The van der Waals surface area contributed by atoms with E-state index < -0.39 is 0 Å². The zero-order chi connectivity index (χ0) is 19.5. The molecule has 0 bridgehead atoms. The van der Waals surface area contributed by atoms with Gasteiger partial charge >= 0.3 is 0 Å². The van der Waals surface area contributed by atoms with E-state index in [-0.39, 0.29) is 11.9 Å². The van der Waals surface area contributed by atoms with Gasteiger partial charge in [0.1, 0.15) is 11.8 Å². The molecule has 0 radical (unpaired) electrons. The smallest absolute Gasteiger partial charge is 0.258 e. The lowest BCUT2D eigenvalue weighted by Gasteiger charge is -2.23. The fourth-order valence-electron chi connectivity index (χ4n) is 3.54. The number of rotatable bonds is 5. The number of aryl methyl sites for hydroxylation is 1. The summed E-state index contributed by atoms with van der Waals surface area (Å²) in [5.41, 5.74) is 2.64. The first-order valence-corrected chi connectivity index (χ1v) is 9.61. The van der Waals surface area contributed by atoms with E-state index in [1.165, 1.54) is 5.56 Å². The van der Waals surface area contributed by atoms with Gasteiger partial charge < -0.3 is 14.2 Å². The highest BCUT2D eigenvalue weighted by Crippen LogP contribution is 2.34. The minimum absolute atomic E-state index is 0.0679. The number of aromatic nitrogens is 2. The summed E-state index contributed by atoms with van der Waals surface area (Å²) < 4.78 is 11.2. The second-order valence-corrected chi connectivity index (χ2v) is 6.91. The molecule has 1 aliphatic heterocycles. The highest BCUT2D eigenvalue weighted by molar-refractivity contribution is 5.97. The van der Waals surface area contributed by atoms with Gasteiger partial charge in [-0.25, -0.2) is 0 Å². The van der Waals surface area contributed by atoms with E-state index in [9.17, 15) is 4.79 Å². The SMILES string of the molecule is CCOc1ccccc1C(=O)N1CCCC1c1nc(-c2ccc(C)cc2)no1. The molecule has 1 amide bonds. The van der Waals surface area contributed by atoms with Crippen LogP contribution in [-0.2, 0) is 0 Å². The quantitative estimate of drug-likeness (QED) is 0.658. The third-order valence-corrected chi connectivity index (χ3v) is 4.97. The molecule has 1 saturated heterocycles. The van der Waals surface area contributed by atoms with Crippen molar-refractivity contribution in [3.63, 3.8) is 0 Å². The predicted molar refractivity (Wildman–Crippen MR) is 105 cm³/mol. The van der Waals surface area contributed by atoms with Crippen molar-refractivity contribution in [3.05, 3.63) is 65.5 Å². The summed E-state index contributed by atoms with van der Waals surface area (Å²) in [4.78, 5) is 19.6. The molecule has 1 aliphatic rings. The van der Waals surface area contributed by atoms with E-state index >= 15 is 0 Å². The Hall–Kier alpha value is -3.15. The summed E-state index contributed by atoms with van der Waals surface area (Å²) in [6.45, 7) is 5.11. The number of benzene rings is 2. The number of nitrogens with zero attached hydrogens (tertiary/aromatic N) is 3. The largest absolute Gasteiger partial charge is 0.493 e. The van der Waals surface area contributed by atoms with Crippen LogP contribution in [0.1, 0.15) is 47.6 Å². The van der Waals surface area contributed by atoms with Crippen LogP contribution in [0, 0.1) is 6.92 Å². The molecule has 6 heteroatoms. The van der Waals surface area contributed by atoms with Crippen molar-refractivity contribution in [1.29, 1.82) is 0 Å². The molecule has 3 aromatic rings. The van der Waals surface area contributed by atoms with Gasteiger partial charge in [0.2, 0.25) is 11.7 Å². The van der Waals surface area contributed by atoms with Crippen LogP contribution in [0.25, 0.3) is 11.4 Å². The van der Waals surface area contributed by atoms with Crippen LogP contribution in [0.2, 0.25) is 0 Å². The molecule has 0 saturated carbocycles. The number of carbonyl (C=O) groups excluding carboxylic acids is 1. The van der Waals surface area contributed by atoms with E-state index in [1.807, 2.05) is 61.2 Å². The fraction of sp³-hybridized carbons (Fsp3) is 0.318. The van der Waals surface area contributed by atoms with E-state index in [2.05, 4.69) is 10.1 Å². The Kier molecular flexibility index (Phi) is 5.10. The Morgan fingerprint density at radius 3 is 2.79 bits per heavy atom. The first-order valence-electron chi connectivity index (χ1n) is 9.61. The highest BCUT2D eigenvalue weighted by Gasteiger charge is 2.35. The van der Waals surface area contributed by atoms with E-state index in [0.29, 0.717) is 36.2 Å². The summed E-state index contributed by atoms with van der Waals surface area (Å²) in [6.07, 6.45) is 1.70. The molecule has 0 spiro atoms. The maximum absolute atomic E-state index is 13.2. The molecule has 4 rings (SSSR count). The zero-order valence-corrected chi connectivity index (χ0v) is 16.1. The Labute approximate surface area is 164 Å². The van der Waals surface area contributed by atoms with Crippen molar-refractivity contribution in [2.24, 2.45) is 0 Å². The van der Waals surface area contributed by atoms with Crippen molar-refractivity contribution >= 4 is 5.91 Å². The fourth-order valence-corrected chi connectivity index (χ4v) is 3.54.